The van der Waals surface area contributed by atoms with Crippen molar-refractivity contribution in [2.75, 3.05) is 6.54 Å². The highest BCUT2D eigenvalue weighted by Gasteiger charge is 2.34. The molecule has 0 aromatic heterocycles. The quantitative estimate of drug-likeness (QED) is 0.800. The van der Waals surface area contributed by atoms with Gasteiger partial charge in [0.25, 0.3) is 0 Å². The Morgan fingerprint density at radius 1 is 1.35 bits per heavy atom. The second-order valence-corrected chi connectivity index (χ2v) is 5.29. The maximum absolute atomic E-state index is 12.2. The topological polar surface area (TPSA) is 55.1 Å². The standard InChI is InChI=1S/C13H26N2O.ClH/c1-4-13(3,5-2)15-12(16)11-8-6-7-10(11)9-14;/h10-11H,4-9,14H2,1-3H3,(H,15,16);1H/t10-,11-;/m1./s1. The largest absolute Gasteiger partial charge is 0.351 e. The molecule has 17 heavy (non-hydrogen) atoms. The van der Waals surface area contributed by atoms with Crippen molar-refractivity contribution < 1.29 is 4.79 Å². The summed E-state index contributed by atoms with van der Waals surface area (Å²) in [6.45, 7) is 7.02. The third-order valence-electron chi connectivity index (χ3n) is 4.28. The molecule has 0 aromatic rings. The smallest absolute Gasteiger partial charge is 0.223 e. The normalized spacial score (nSPS) is 24.2. The molecule has 3 N–H and O–H groups in total. The molecular weight excluding hydrogens is 236 g/mol. The fourth-order valence-corrected chi connectivity index (χ4v) is 2.48. The molecule has 1 saturated carbocycles. The molecule has 1 rings (SSSR count). The molecule has 0 aromatic carbocycles. The van der Waals surface area contributed by atoms with Crippen LogP contribution in [0.25, 0.3) is 0 Å². The van der Waals surface area contributed by atoms with Crippen LogP contribution in [0.4, 0.5) is 0 Å². The second-order valence-electron chi connectivity index (χ2n) is 5.29. The minimum atomic E-state index is -0.0428. The van der Waals surface area contributed by atoms with Gasteiger partial charge in [0, 0.05) is 11.5 Å². The Bertz CT molecular complexity index is 242. The average Bonchev–Trinajstić information content (AvgIpc) is 2.76. The maximum atomic E-state index is 12.2. The van der Waals surface area contributed by atoms with Crippen LogP contribution >= 0.6 is 12.4 Å². The zero-order valence-electron chi connectivity index (χ0n) is 11.3. The third-order valence-corrected chi connectivity index (χ3v) is 4.28. The number of nitrogens with two attached hydrogens (primary N) is 1. The van der Waals surface area contributed by atoms with E-state index < -0.39 is 0 Å². The van der Waals surface area contributed by atoms with E-state index in [1.165, 1.54) is 0 Å². The van der Waals surface area contributed by atoms with E-state index in [4.69, 9.17) is 5.73 Å². The minimum Gasteiger partial charge on any atom is -0.351 e. The van der Waals surface area contributed by atoms with Crippen LogP contribution in [0.5, 0.6) is 0 Å². The lowest BCUT2D eigenvalue weighted by Crippen LogP contribution is -2.48. The van der Waals surface area contributed by atoms with Crippen LogP contribution in [-0.4, -0.2) is 18.0 Å². The molecule has 1 aliphatic rings. The van der Waals surface area contributed by atoms with Crippen LogP contribution in [0.3, 0.4) is 0 Å². The molecule has 0 aliphatic heterocycles. The van der Waals surface area contributed by atoms with E-state index in [1.807, 2.05) is 0 Å². The van der Waals surface area contributed by atoms with Crippen LogP contribution < -0.4 is 11.1 Å². The Labute approximate surface area is 111 Å². The monoisotopic (exact) mass is 262 g/mol. The van der Waals surface area contributed by atoms with Gasteiger partial charge in [-0.05, 0) is 45.1 Å². The number of hydrogen-bond donors (Lipinski definition) is 2. The summed E-state index contributed by atoms with van der Waals surface area (Å²) >= 11 is 0. The number of carbonyl (C=O) groups is 1. The fraction of sp³-hybridized carbons (Fsp3) is 0.923. The van der Waals surface area contributed by atoms with Crippen LogP contribution in [0.1, 0.15) is 52.9 Å². The first-order valence-electron chi connectivity index (χ1n) is 6.58. The van der Waals surface area contributed by atoms with Crippen LogP contribution in [0.15, 0.2) is 0 Å². The van der Waals surface area contributed by atoms with E-state index >= 15 is 0 Å². The summed E-state index contributed by atoms with van der Waals surface area (Å²) in [5, 5.41) is 3.20. The zero-order valence-corrected chi connectivity index (χ0v) is 12.1. The van der Waals surface area contributed by atoms with E-state index in [0.29, 0.717) is 12.5 Å². The van der Waals surface area contributed by atoms with Crippen molar-refractivity contribution >= 4 is 18.3 Å². The number of amides is 1. The number of carbonyl (C=O) groups excluding carboxylic acids is 1. The molecule has 0 spiro atoms. The summed E-state index contributed by atoms with van der Waals surface area (Å²) in [7, 11) is 0. The number of nitrogens with one attached hydrogen (secondary N) is 1. The van der Waals surface area contributed by atoms with Gasteiger partial charge in [0.2, 0.25) is 5.91 Å². The molecular formula is C13H27ClN2O. The highest BCUT2D eigenvalue weighted by atomic mass is 35.5. The van der Waals surface area contributed by atoms with Gasteiger partial charge in [0.15, 0.2) is 0 Å². The van der Waals surface area contributed by atoms with Crippen LogP contribution in [0.2, 0.25) is 0 Å². The Morgan fingerprint density at radius 3 is 2.41 bits per heavy atom. The molecule has 2 atom stereocenters. The summed E-state index contributed by atoms with van der Waals surface area (Å²) in [5.41, 5.74) is 5.67. The SMILES string of the molecule is CCC(C)(CC)NC(=O)[C@@H]1CCC[C@@H]1CN.Cl. The van der Waals surface area contributed by atoms with Crippen LogP contribution in [0, 0.1) is 11.8 Å². The van der Waals surface area contributed by atoms with E-state index in [0.717, 1.165) is 32.1 Å². The van der Waals surface area contributed by atoms with Gasteiger partial charge < -0.3 is 11.1 Å². The van der Waals surface area contributed by atoms with Gasteiger partial charge in [-0.2, -0.15) is 0 Å². The average molecular weight is 263 g/mol. The van der Waals surface area contributed by atoms with Gasteiger partial charge in [0.1, 0.15) is 0 Å². The van der Waals surface area contributed by atoms with E-state index in [-0.39, 0.29) is 29.8 Å². The van der Waals surface area contributed by atoms with Gasteiger partial charge in [-0.1, -0.05) is 20.3 Å². The van der Waals surface area contributed by atoms with E-state index in [9.17, 15) is 4.79 Å². The van der Waals surface area contributed by atoms with Crippen molar-refractivity contribution in [2.24, 2.45) is 17.6 Å². The summed E-state index contributed by atoms with van der Waals surface area (Å²) in [6, 6.07) is 0. The number of rotatable bonds is 5. The van der Waals surface area contributed by atoms with Gasteiger partial charge in [-0.3, -0.25) is 4.79 Å². The van der Waals surface area contributed by atoms with Gasteiger partial charge in [-0.15, -0.1) is 12.4 Å². The van der Waals surface area contributed by atoms with E-state index in [2.05, 4.69) is 26.1 Å². The molecule has 4 heteroatoms. The Balaban J connectivity index is 0.00000256. The zero-order chi connectivity index (χ0) is 12.2. The molecule has 0 heterocycles. The number of hydrogen-bond acceptors (Lipinski definition) is 2. The Morgan fingerprint density at radius 2 is 1.94 bits per heavy atom. The first-order chi connectivity index (χ1) is 7.56. The molecule has 0 unspecified atom stereocenters. The molecule has 0 bridgehead atoms. The third kappa shape index (κ3) is 4.14. The van der Waals surface area contributed by atoms with Crippen molar-refractivity contribution in [1.29, 1.82) is 0 Å². The summed E-state index contributed by atoms with van der Waals surface area (Å²) < 4.78 is 0. The maximum Gasteiger partial charge on any atom is 0.223 e. The first kappa shape index (κ1) is 16.7. The molecule has 1 fully saturated rings. The van der Waals surface area contributed by atoms with Gasteiger partial charge >= 0.3 is 0 Å². The van der Waals surface area contributed by atoms with Crippen molar-refractivity contribution in [1.82, 2.24) is 5.32 Å². The summed E-state index contributed by atoms with van der Waals surface area (Å²) in [4.78, 5) is 12.2. The lowest BCUT2D eigenvalue weighted by atomic mass is 9.91. The summed E-state index contributed by atoms with van der Waals surface area (Å²) in [5.74, 6) is 0.777. The molecule has 102 valence electrons. The Hall–Kier alpha value is -0.280. The molecule has 0 saturated heterocycles. The minimum absolute atomic E-state index is 0. The summed E-state index contributed by atoms with van der Waals surface area (Å²) in [6.07, 6.45) is 5.24. The molecule has 1 amide bonds. The van der Waals surface area contributed by atoms with Gasteiger partial charge in [-0.25, -0.2) is 0 Å². The number of halogens is 1. The van der Waals surface area contributed by atoms with Crippen molar-refractivity contribution in [2.45, 2.75) is 58.4 Å². The van der Waals surface area contributed by atoms with Crippen LogP contribution in [-0.2, 0) is 4.79 Å². The first-order valence-corrected chi connectivity index (χ1v) is 6.58. The second kappa shape index (κ2) is 7.22. The predicted octanol–water partition coefficient (Wildman–Crippen LogP) is 2.48. The highest BCUT2D eigenvalue weighted by molar-refractivity contribution is 5.85. The predicted molar refractivity (Wildman–Crippen MR) is 74.3 cm³/mol. The fourth-order valence-electron chi connectivity index (χ4n) is 2.48. The van der Waals surface area contributed by atoms with Crippen molar-refractivity contribution in [3.8, 4) is 0 Å². The molecule has 0 radical (unpaired) electrons. The molecule has 1 aliphatic carbocycles. The van der Waals surface area contributed by atoms with Crippen molar-refractivity contribution in [3.63, 3.8) is 0 Å². The van der Waals surface area contributed by atoms with Gasteiger partial charge in [0.05, 0.1) is 0 Å². The van der Waals surface area contributed by atoms with E-state index in [1.54, 1.807) is 0 Å². The lowest BCUT2D eigenvalue weighted by molar-refractivity contribution is -0.127. The Kier molecular flexibility index (Phi) is 7.10. The highest BCUT2D eigenvalue weighted by Crippen LogP contribution is 2.31. The molecule has 3 nitrogen and oxygen atoms in total. The lowest BCUT2D eigenvalue weighted by Gasteiger charge is -2.31. The van der Waals surface area contributed by atoms with Crippen molar-refractivity contribution in [3.05, 3.63) is 0 Å².